The molecule has 0 saturated carbocycles. The van der Waals surface area contributed by atoms with E-state index >= 15 is 0 Å². The highest BCUT2D eigenvalue weighted by Gasteiger charge is 2.35. The van der Waals surface area contributed by atoms with Gasteiger partial charge in [-0.05, 0) is 49.6 Å². The Hall–Kier alpha value is -2.47. The highest BCUT2D eigenvalue weighted by Crippen LogP contribution is 2.28. The lowest BCUT2D eigenvalue weighted by Gasteiger charge is -2.15. The van der Waals surface area contributed by atoms with Crippen LogP contribution in [0.3, 0.4) is 0 Å². The second kappa shape index (κ2) is 7.83. The highest BCUT2D eigenvalue weighted by atomic mass is 32.2. The molecule has 0 radical (unpaired) electrons. The summed E-state index contributed by atoms with van der Waals surface area (Å²) in [6.45, 7) is 6.28. The molecule has 1 fully saturated rings. The number of amidine groups is 1. The van der Waals surface area contributed by atoms with Gasteiger partial charge in [0.2, 0.25) is 5.91 Å². The molecule has 0 bridgehead atoms. The van der Waals surface area contributed by atoms with Crippen molar-refractivity contribution in [1.82, 2.24) is 4.90 Å². The Labute approximate surface area is 156 Å². The molecule has 134 valence electrons. The first-order valence-corrected chi connectivity index (χ1v) is 9.23. The van der Waals surface area contributed by atoms with Crippen LogP contribution in [0.4, 0.5) is 4.39 Å². The second-order valence-corrected chi connectivity index (χ2v) is 7.61. The van der Waals surface area contributed by atoms with Crippen LogP contribution in [0.15, 0.2) is 52.7 Å². The summed E-state index contributed by atoms with van der Waals surface area (Å²) >= 11 is 1.38. The molecule has 3 rings (SSSR count). The number of nitrogens with zero attached hydrogens (tertiary/aromatic N) is 3. The number of amides is 1. The number of benzene rings is 2. The minimum absolute atomic E-state index is 0.0141. The maximum Gasteiger partial charge on any atom is 0.242 e. The van der Waals surface area contributed by atoms with Gasteiger partial charge in [-0.15, -0.1) is 5.10 Å². The molecule has 1 aliphatic rings. The normalized spacial score (nSPS) is 19.1. The van der Waals surface area contributed by atoms with Gasteiger partial charge in [0.15, 0.2) is 5.17 Å². The molecule has 4 nitrogen and oxygen atoms in total. The van der Waals surface area contributed by atoms with Gasteiger partial charge in [-0.3, -0.25) is 9.69 Å². The van der Waals surface area contributed by atoms with Crippen LogP contribution in [0, 0.1) is 19.7 Å². The van der Waals surface area contributed by atoms with E-state index in [0.29, 0.717) is 11.7 Å². The van der Waals surface area contributed by atoms with Crippen molar-refractivity contribution in [3.63, 3.8) is 0 Å². The van der Waals surface area contributed by atoms with Gasteiger partial charge in [-0.1, -0.05) is 47.7 Å². The van der Waals surface area contributed by atoms with E-state index in [-0.39, 0.29) is 17.0 Å². The van der Waals surface area contributed by atoms with Crippen molar-refractivity contribution in [3.8, 4) is 0 Å². The Morgan fingerprint density at radius 2 is 1.92 bits per heavy atom. The Bertz CT molecular complexity index is 877. The monoisotopic (exact) mass is 369 g/mol. The summed E-state index contributed by atoms with van der Waals surface area (Å²) in [4.78, 5) is 14.0. The topological polar surface area (TPSA) is 45.0 Å². The summed E-state index contributed by atoms with van der Waals surface area (Å²) in [5, 5.41) is 8.79. The Morgan fingerprint density at radius 3 is 2.62 bits per heavy atom. The predicted molar refractivity (Wildman–Crippen MR) is 105 cm³/mol. The van der Waals surface area contributed by atoms with Gasteiger partial charge in [0.25, 0.3) is 0 Å². The first-order chi connectivity index (χ1) is 12.4. The summed E-state index contributed by atoms with van der Waals surface area (Å²) in [7, 11) is 0. The average Bonchev–Trinajstić information content (AvgIpc) is 2.86. The number of carbonyl (C=O) groups excluding carboxylic acids is 1. The SMILES string of the molecule is Cc1ccc(/C=N/N=C2/SC(C)C(=O)N2Cc2ccc(F)cc2)c(C)c1. The molecule has 26 heavy (non-hydrogen) atoms. The lowest BCUT2D eigenvalue weighted by molar-refractivity contribution is -0.126. The molecular weight excluding hydrogens is 349 g/mol. The fraction of sp³-hybridized carbons (Fsp3) is 0.250. The molecule has 1 saturated heterocycles. The Kier molecular flexibility index (Phi) is 5.52. The van der Waals surface area contributed by atoms with Gasteiger partial charge < -0.3 is 0 Å². The van der Waals surface area contributed by atoms with E-state index in [1.54, 1.807) is 23.2 Å². The molecule has 0 N–H and O–H groups in total. The van der Waals surface area contributed by atoms with Crippen molar-refractivity contribution in [2.75, 3.05) is 0 Å². The zero-order valence-electron chi connectivity index (χ0n) is 14.9. The van der Waals surface area contributed by atoms with Gasteiger partial charge in [0, 0.05) is 0 Å². The van der Waals surface area contributed by atoms with Crippen molar-refractivity contribution in [3.05, 3.63) is 70.5 Å². The first-order valence-electron chi connectivity index (χ1n) is 8.35. The third-order valence-corrected chi connectivity index (χ3v) is 5.21. The molecular formula is C20H20FN3OS. The van der Waals surface area contributed by atoms with E-state index < -0.39 is 0 Å². The molecule has 1 aliphatic heterocycles. The van der Waals surface area contributed by atoms with Crippen LogP contribution in [-0.4, -0.2) is 27.4 Å². The molecule has 1 atom stereocenters. The van der Waals surface area contributed by atoms with Crippen LogP contribution < -0.4 is 0 Å². The largest absolute Gasteiger partial charge is 0.284 e. The van der Waals surface area contributed by atoms with Gasteiger partial charge in [-0.25, -0.2) is 4.39 Å². The molecule has 0 spiro atoms. The summed E-state index contributed by atoms with van der Waals surface area (Å²) in [6, 6.07) is 12.2. The van der Waals surface area contributed by atoms with E-state index in [1.165, 1.54) is 29.5 Å². The van der Waals surface area contributed by atoms with Crippen LogP contribution in [0.5, 0.6) is 0 Å². The number of hydrogen-bond acceptors (Lipinski definition) is 4. The van der Waals surface area contributed by atoms with Crippen LogP contribution in [0.2, 0.25) is 0 Å². The molecule has 6 heteroatoms. The van der Waals surface area contributed by atoms with E-state index in [4.69, 9.17) is 0 Å². The van der Waals surface area contributed by atoms with Crippen molar-refractivity contribution in [1.29, 1.82) is 0 Å². The summed E-state index contributed by atoms with van der Waals surface area (Å²) < 4.78 is 13.1. The lowest BCUT2D eigenvalue weighted by atomic mass is 10.1. The zero-order chi connectivity index (χ0) is 18.7. The quantitative estimate of drug-likeness (QED) is 0.596. The summed E-state index contributed by atoms with van der Waals surface area (Å²) in [5.41, 5.74) is 4.16. The van der Waals surface area contributed by atoms with Crippen molar-refractivity contribution in [2.45, 2.75) is 32.6 Å². The molecule has 1 heterocycles. The molecule has 0 aromatic heterocycles. The lowest BCUT2D eigenvalue weighted by Crippen LogP contribution is -2.30. The van der Waals surface area contributed by atoms with Crippen LogP contribution in [-0.2, 0) is 11.3 Å². The standard InChI is InChI=1S/C20H20FN3OS/c1-13-4-7-17(14(2)10-13)11-22-23-20-24(19(25)15(3)26-20)12-16-5-8-18(21)9-6-16/h4-11,15H,12H2,1-3H3/b22-11+,23-20+. The van der Waals surface area contributed by atoms with Crippen molar-refractivity contribution in [2.24, 2.45) is 10.2 Å². The smallest absolute Gasteiger partial charge is 0.242 e. The maximum atomic E-state index is 13.1. The predicted octanol–water partition coefficient (Wildman–Crippen LogP) is 4.30. The number of thioether (sulfide) groups is 1. The average molecular weight is 369 g/mol. The fourth-order valence-corrected chi connectivity index (χ4v) is 3.61. The molecule has 0 aliphatic carbocycles. The molecule has 2 aromatic carbocycles. The second-order valence-electron chi connectivity index (χ2n) is 6.30. The van der Waals surface area contributed by atoms with E-state index in [0.717, 1.165) is 16.7 Å². The zero-order valence-corrected chi connectivity index (χ0v) is 15.8. The first kappa shape index (κ1) is 18.3. The number of aryl methyl sites for hydroxylation is 2. The number of halogens is 1. The third-order valence-electron chi connectivity index (χ3n) is 4.15. The van der Waals surface area contributed by atoms with Gasteiger partial charge in [-0.2, -0.15) is 5.10 Å². The number of carbonyl (C=O) groups is 1. The fourth-order valence-electron chi connectivity index (χ4n) is 2.69. The molecule has 2 aromatic rings. The van der Waals surface area contributed by atoms with Crippen LogP contribution in [0.1, 0.15) is 29.2 Å². The molecule has 1 unspecified atom stereocenters. The minimum Gasteiger partial charge on any atom is -0.284 e. The summed E-state index contributed by atoms with van der Waals surface area (Å²) in [5.74, 6) is -0.309. The van der Waals surface area contributed by atoms with E-state index in [2.05, 4.69) is 16.3 Å². The summed E-state index contributed by atoms with van der Waals surface area (Å²) in [6.07, 6.45) is 1.70. The Balaban J connectivity index is 1.79. The van der Waals surface area contributed by atoms with E-state index in [9.17, 15) is 9.18 Å². The van der Waals surface area contributed by atoms with Crippen molar-refractivity contribution < 1.29 is 9.18 Å². The highest BCUT2D eigenvalue weighted by molar-refractivity contribution is 8.15. The maximum absolute atomic E-state index is 13.1. The number of rotatable bonds is 4. The third kappa shape index (κ3) is 4.19. The van der Waals surface area contributed by atoms with E-state index in [1.807, 2.05) is 32.9 Å². The van der Waals surface area contributed by atoms with Gasteiger partial charge in [0.1, 0.15) is 5.82 Å². The van der Waals surface area contributed by atoms with Crippen molar-refractivity contribution >= 4 is 29.1 Å². The van der Waals surface area contributed by atoms with Gasteiger partial charge in [0.05, 0.1) is 18.0 Å². The Morgan fingerprint density at radius 1 is 1.19 bits per heavy atom. The minimum atomic E-state index is -0.295. The molecule has 1 amide bonds. The number of hydrogen-bond donors (Lipinski definition) is 0. The van der Waals surface area contributed by atoms with Crippen LogP contribution >= 0.6 is 11.8 Å². The van der Waals surface area contributed by atoms with Gasteiger partial charge >= 0.3 is 0 Å². The van der Waals surface area contributed by atoms with Crippen LogP contribution in [0.25, 0.3) is 0 Å².